The zero-order valence-electron chi connectivity index (χ0n) is 14.8. The lowest BCUT2D eigenvalue weighted by Gasteiger charge is -2.39. The number of likely N-dealkylation sites (tertiary alicyclic amines) is 1. The van der Waals surface area contributed by atoms with E-state index in [-0.39, 0.29) is 6.03 Å². The molecule has 0 aliphatic carbocycles. The number of nitrogens with one attached hydrogen (secondary N) is 1. The summed E-state index contributed by atoms with van der Waals surface area (Å²) in [5.74, 6) is 0.262. The van der Waals surface area contributed by atoms with Crippen LogP contribution in [-0.4, -0.2) is 50.6 Å². The standard InChI is InChI=1S/C18H28N2O4/c1-4-5-14-24-16-8-6-15(7-9-16)19-17(21)20-12-10-18(22-2,23-3)11-13-20/h6-9H,4-5,10-14H2,1-3H3,(H,19,21). The number of rotatable bonds is 7. The molecule has 0 atom stereocenters. The van der Waals surface area contributed by atoms with Gasteiger partial charge in [-0.1, -0.05) is 13.3 Å². The van der Waals surface area contributed by atoms with Gasteiger partial charge in [0, 0.05) is 45.8 Å². The summed E-state index contributed by atoms with van der Waals surface area (Å²) in [6, 6.07) is 7.37. The van der Waals surface area contributed by atoms with Crippen LogP contribution >= 0.6 is 0 Å². The van der Waals surface area contributed by atoms with Crippen molar-refractivity contribution in [3.05, 3.63) is 24.3 Å². The van der Waals surface area contributed by atoms with E-state index < -0.39 is 5.79 Å². The summed E-state index contributed by atoms with van der Waals surface area (Å²) in [5, 5.41) is 2.92. The molecular formula is C18H28N2O4. The van der Waals surface area contributed by atoms with Gasteiger partial charge in [0.15, 0.2) is 5.79 Å². The van der Waals surface area contributed by atoms with Crippen molar-refractivity contribution in [1.82, 2.24) is 4.90 Å². The number of carbonyl (C=O) groups excluding carboxylic acids is 1. The van der Waals surface area contributed by atoms with Gasteiger partial charge in [-0.3, -0.25) is 0 Å². The van der Waals surface area contributed by atoms with Crippen molar-refractivity contribution in [3.63, 3.8) is 0 Å². The van der Waals surface area contributed by atoms with Crippen LogP contribution < -0.4 is 10.1 Å². The number of amides is 2. The van der Waals surface area contributed by atoms with Gasteiger partial charge < -0.3 is 24.4 Å². The molecule has 1 heterocycles. The lowest BCUT2D eigenvalue weighted by molar-refractivity contribution is -0.226. The second-order valence-electron chi connectivity index (χ2n) is 5.96. The third-order valence-electron chi connectivity index (χ3n) is 4.43. The Labute approximate surface area is 144 Å². The van der Waals surface area contributed by atoms with Crippen LogP contribution in [0, 0.1) is 0 Å². The Morgan fingerprint density at radius 2 is 1.79 bits per heavy atom. The number of benzene rings is 1. The van der Waals surface area contributed by atoms with Gasteiger partial charge in [-0.25, -0.2) is 4.79 Å². The van der Waals surface area contributed by atoms with Crippen molar-refractivity contribution < 1.29 is 19.0 Å². The summed E-state index contributed by atoms with van der Waals surface area (Å²) < 4.78 is 16.5. The van der Waals surface area contributed by atoms with E-state index in [1.807, 2.05) is 24.3 Å². The molecule has 0 bridgehead atoms. The maximum atomic E-state index is 12.4. The predicted octanol–water partition coefficient (Wildman–Crippen LogP) is 3.48. The summed E-state index contributed by atoms with van der Waals surface area (Å²) in [5.41, 5.74) is 0.762. The lowest BCUT2D eigenvalue weighted by atomic mass is 10.0. The number of hydrogen-bond donors (Lipinski definition) is 1. The Morgan fingerprint density at radius 3 is 2.33 bits per heavy atom. The van der Waals surface area contributed by atoms with E-state index >= 15 is 0 Å². The van der Waals surface area contributed by atoms with Crippen molar-refractivity contribution in [2.45, 2.75) is 38.4 Å². The van der Waals surface area contributed by atoms with Crippen LogP contribution in [0.5, 0.6) is 5.75 Å². The molecule has 24 heavy (non-hydrogen) atoms. The van der Waals surface area contributed by atoms with E-state index in [1.54, 1.807) is 19.1 Å². The van der Waals surface area contributed by atoms with Gasteiger partial charge >= 0.3 is 6.03 Å². The highest BCUT2D eigenvalue weighted by molar-refractivity contribution is 5.89. The van der Waals surface area contributed by atoms with Gasteiger partial charge in [0.05, 0.1) is 6.61 Å². The average Bonchev–Trinajstić information content (AvgIpc) is 2.63. The number of unbranched alkanes of at least 4 members (excludes halogenated alkanes) is 1. The Hall–Kier alpha value is -1.79. The molecule has 6 nitrogen and oxygen atoms in total. The second kappa shape index (κ2) is 8.89. The number of hydrogen-bond acceptors (Lipinski definition) is 4. The number of nitrogens with zero attached hydrogens (tertiary/aromatic N) is 1. The van der Waals surface area contributed by atoms with E-state index in [0.29, 0.717) is 25.9 Å². The summed E-state index contributed by atoms with van der Waals surface area (Å²) in [4.78, 5) is 14.1. The van der Waals surface area contributed by atoms with Crippen molar-refractivity contribution >= 4 is 11.7 Å². The third kappa shape index (κ3) is 4.85. The quantitative estimate of drug-likeness (QED) is 0.612. The third-order valence-corrected chi connectivity index (χ3v) is 4.43. The smallest absolute Gasteiger partial charge is 0.321 e. The van der Waals surface area contributed by atoms with Gasteiger partial charge in [-0.15, -0.1) is 0 Å². The number of carbonyl (C=O) groups is 1. The number of piperidine rings is 1. The molecule has 0 saturated carbocycles. The first-order valence-electron chi connectivity index (χ1n) is 8.51. The average molecular weight is 336 g/mol. The summed E-state index contributed by atoms with van der Waals surface area (Å²) in [6.45, 7) is 4.06. The maximum absolute atomic E-state index is 12.4. The molecular weight excluding hydrogens is 308 g/mol. The molecule has 2 rings (SSSR count). The Morgan fingerprint density at radius 1 is 1.17 bits per heavy atom. The van der Waals surface area contributed by atoms with Crippen LogP contribution in [0.25, 0.3) is 0 Å². The summed E-state index contributed by atoms with van der Waals surface area (Å²) in [6.07, 6.45) is 3.48. The van der Waals surface area contributed by atoms with Gasteiger partial charge in [0.2, 0.25) is 0 Å². The first kappa shape index (κ1) is 18.5. The molecule has 2 amide bonds. The summed E-state index contributed by atoms with van der Waals surface area (Å²) in [7, 11) is 3.28. The Bertz CT molecular complexity index is 504. The Kier molecular flexibility index (Phi) is 6.87. The van der Waals surface area contributed by atoms with Crippen molar-refractivity contribution in [2.75, 3.05) is 39.2 Å². The van der Waals surface area contributed by atoms with E-state index in [2.05, 4.69) is 12.2 Å². The number of anilines is 1. The fraction of sp³-hybridized carbons (Fsp3) is 0.611. The Balaban J connectivity index is 1.82. The molecule has 0 spiro atoms. The topological polar surface area (TPSA) is 60.0 Å². The normalized spacial score (nSPS) is 16.7. The van der Waals surface area contributed by atoms with Crippen LogP contribution in [0.4, 0.5) is 10.5 Å². The minimum atomic E-state index is -0.561. The van der Waals surface area contributed by atoms with Crippen LogP contribution in [0.2, 0.25) is 0 Å². The first-order valence-corrected chi connectivity index (χ1v) is 8.51. The fourth-order valence-corrected chi connectivity index (χ4v) is 2.71. The molecule has 1 saturated heterocycles. The van der Waals surface area contributed by atoms with Crippen LogP contribution in [0.1, 0.15) is 32.6 Å². The molecule has 1 aliphatic heterocycles. The molecule has 0 unspecified atom stereocenters. The molecule has 1 aromatic carbocycles. The first-order chi connectivity index (χ1) is 11.6. The zero-order valence-corrected chi connectivity index (χ0v) is 14.8. The van der Waals surface area contributed by atoms with Crippen LogP contribution in [0.15, 0.2) is 24.3 Å². The molecule has 6 heteroatoms. The second-order valence-corrected chi connectivity index (χ2v) is 5.96. The lowest BCUT2D eigenvalue weighted by Crippen LogP contribution is -2.49. The molecule has 1 aliphatic rings. The predicted molar refractivity (Wildman–Crippen MR) is 93.4 cm³/mol. The van der Waals surface area contributed by atoms with Gasteiger partial charge in [-0.05, 0) is 30.7 Å². The van der Waals surface area contributed by atoms with E-state index in [4.69, 9.17) is 14.2 Å². The zero-order chi connectivity index (χ0) is 17.4. The molecule has 1 aromatic rings. The largest absolute Gasteiger partial charge is 0.494 e. The van der Waals surface area contributed by atoms with Gasteiger partial charge in [-0.2, -0.15) is 0 Å². The van der Waals surface area contributed by atoms with Gasteiger partial charge in [0.1, 0.15) is 5.75 Å². The molecule has 1 fully saturated rings. The highest BCUT2D eigenvalue weighted by Crippen LogP contribution is 2.26. The van der Waals surface area contributed by atoms with Crippen LogP contribution in [0.3, 0.4) is 0 Å². The SMILES string of the molecule is CCCCOc1ccc(NC(=O)N2CCC(OC)(OC)CC2)cc1. The molecule has 0 aromatic heterocycles. The maximum Gasteiger partial charge on any atom is 0.321 e. The van der Waals surface area contributed by atoms with Crippen molar-refractivity contribution in [1.29, 1.82) is 0 Å². The highest BCUT2D eigenvalue weighted by Gasteiger charge is 2.35. The van der Waals surface area contributed by atoms with E-state index in [9.17, 15) is 4.79 Å². The van der Waals surface area contributed by atoms with Crippen molar-refractivity contribution in [3.8, 4) is 5.75 Å². The molecule has 0 radical (unpaired) electrons. The monoisotopic (exact) mass is 336 g/mol. The highest BCUT2D eigenvalue weighted by atomic mass is 16.7. The molecule has 1 N–H and O–H groups in total. The van der Waals surface area contributed by atoms with E-state index in [0.717, 1.165) is 30.9 Å². The van der Waals surface area contributed by atoms with E-state index in [1.165, 1.54) is 0 Å². The fourth-order valence-electron chi connectivity index (χ4n) is 2.71. The van der Waals surface area contributed by atoms with Crippen molar-refractivity contribution in [2.24, 2.45) is 0 Å². The summed E-state index contributed by atoms with van der Waals surface area (Å²) >= 11 is 0. The number of urea groups is 1. The minimum Gasteiger partial charge on any atom is -0.494 e. The number of ether oxygens (including phenoxy) is 3. The number of methoxy groups -OCH3 is 2. The van der Waals surface area contributed by atoms with Gasteiger partial charge in [0.25, 0.3) is 0 Å². The minimum absolute atomic E-state index is 0.101. The molecule has 134 valence electrons. The van der Waals surface area contributed by atoms with Crippen LogP contribution in [-0.2, 0) is 9.47 Å².